The molecule has 3 rings (SSSR count). The molecule has 0 atom stereocenters. The van der Waals surface area contributed by atoms with E-state index in [1.54, 1.807) is 30.3 Å². The number of carbonyl (C=O) groups excluding carboxylic acids is 2. The van der Waals surface area contributed by atoms with Gasteiger partial charge in [-0.25, -0.2) is 9.59 Å². The summed E-state index contributed by atoms with van der Waals surface area (Å²) in [5.74, 6) is -0.134. The fourth-order valence-corrected chi connectivity index (χ4v) is 2.78. The summed E-state index contributed by atoms with van der Waals surface area (Å²) < 4.78 is 15.9. The standard InChI is InChI=1S/C24H21ClO5/c1-17-15-21(11-12-22(17)25)29-16-23(26)30-20-9-7-19(8-10-20)24(27)28-14-13-18-5-3-2-4-6-18/h2-12,15H,13-14,16H2,1H3. The number of benzene rings is 3. The number of halogens is 1. The molecule has 0 fully saturated rings. The van der Waals surface area contributed by atoms with E-state index in [9.17, 15) is 9.59 Å². The number of aryl methyl sites for hydroxylation is 1. The Morgan fingerprint density at radius 1 is 0.900 bits per heavy atom. The average molecular weight is 425 g/mol. The minimum Gasteiger partial charge on any atom is -0.482 e. The van der Waals surface area contributed by atoms with Gasteiger partial charge < -0.3 is 14.2 Å². The van der Waals surface area contributed by atoms with Gasteiger partial charge in [0.2, 0.25) is 0 Å². The van der Waals surface area contributed by atoms with Crippen molar-refractivity contribution in [2.45, 2.75) is 13.3 Å². The molecule has 0 aromatic heterocycles. The largest absolute Gasteiger partial charge is 0.482 e. The summed E-state index contributed by atoms with van der Waals surface area (Å²) in [5.41, 5.74) is 2.34. The van der Waals surface area contributed by atoms with Gasteiger partial charge in [0.1, 0.15) is 11.5 Å². The number of hydrogen-bond acceptors (Lipinski definition) is 5. The number of rotatable bonds is 8. The summed E-state index contributed by atoms with van der Waals surface area (Å²) in [6.45, 7) is 1.90. The molecular formula is C24H21ClO5. The van der Waals surface area contributed by atoms with Gasteiger partial charge >= 0.3 is 11.9 Å². The fraction of sp³-hybridized carbons (Fsp3) is 0.167. The summed E-state index contributed by atoms with van der Waals surface area (Å²) in [5, 5.41) is 0.628. The van der Waals surface area contributed by atoms with Gasteiger partial charge in [0.05, 0.1) is 12.2 Å². The second kappa shape index (κ2) is 10.5. The van der Waals surface area contributed by atoms with Gasteiger partial charge in [-0.2, -0.15) is 0 Å². The van der Waals surface area contributed by atoms with Crippen LogP contribution in [0.2, 0.25) is 5.02 Å². The summed E-state index contributed by atoms with van der Waals surface area (Å²) in [6.07, 6.45) is 0.648. The van der Waals surface area contributed by atoms with E-state index in [0.29, 0.717) is 35.1 Å². The van der Waals surface area contributed by atoms with E-state index in [2.05, 4.69) is 0 Å². The van der Waals surface area contributed by atoms with Crippen LogP contribution in [-0.2, 0) is 16.0 Å². The zero-order valence-electron chi connectivity index (χ0n) is 16.5. The lowest BCUT2D eigenvalue weighted by Crippen LogP contribution is -2.17. The molecule has 0 N–H and O–H groups in total. The van der Waals surface area contributed by atoms with Crippen molar-refractivity contribution < 1.29 is 23.8 Å². The molecule has 0 amide bonds. The molecule has 0 spiro atoms. The Hall–Kier alpha value is -3.31. The third-order valence-electron chi connectivity index (χ3n) is 4.27. The van der Waals surface area contributed by atoms with E-state index in [1.165, 1.54) is 12.1 Å². The predicted molar refractivity (Wildman–Crippen MR) is 114 cm³/mol. The van der Waals surface area contributed by atoms with Crippen LogP contribution in [-0.4, -0.2) is 25.2 Å². The summed E-state index contributed by atoms with van der Waals surface area (Å²) in [4.78, 5) is 24.1. The maximum atomic E-state index is 12.1. The van der Waals surface area contributed by atoms with Crippen molar-refractivity contribution in [1.82, 2.24) is 0 Å². The Balaban J connectivity index is 1.44. The van der Waals surface area contributed by atoms with Crippen molar-refractivity contribution in [3.8, 4) is 11.5 Å². The van der Waals surface area contributed by atoms with Crippen molar-refractivity contribution in [1.29, 1.82) is 0 Å². The van der Waals surface area contributed by atoms with E-state index >= 15 is 0 Å². The van der Waals surface area contributed by atoms with Gasteiger partial charge in [0.15, 0.2) is 6.61 Å². The molecule has 0 unspecified atom stereocenters. The lowest BCUT2D eigenvalue weighted by Gasteiger charge is -2.09. The third kappa shape index (κ3) is 6.36. The van der Waals surface area contributed by atoms with E-state index in [4.69, 9.17) is 25.8 Å². The molecule has 0 saturated carbocycles. The van der Waals surface area contributed by atoms with Gasteiger partial charge in [-0.3, -0.25) is 0 Å². The Kier molecular flexibility index (Phi) is 7.46. The first-order valence-electron chi connectivity index (χ1n) is 9.42. The van der Waals surface area contributed by atoms with Crippen LogP contribution in [0.3, 0.4) is 0 Å². The molecule has 0 aliphatic heterocycles. The highest BCUT2D eigenvalue weighted by molar-refractivity contribution is 6.31. The van der Waals surface area contributed by atoms with E-state index < -0.39 is 11.9 Å². The van der Waals surface area contributed by atoms with Crippen molar-refractivity contribution in [2.24, 2.45) is 0 Å². The normalized spacial score (nSPS) is 10.3. The smallest absolute Gasteiger partial charge is 0.349 e. The number of ether oxygens (including phenoxy) is 3. The zero-order chi connectivity index (χ0) is 21.3. The van der Waals surface area contributed by atoms with E-state index in [0.717, 1.165) is 11.1 Å². The molecule has 0 aliphatic rings. The molecule has 5 nitrogen and oxygen atoms in total. The first-order valence-corrected chi connectivity index (χ1v) is 9.80. The quantitative estimate of drug-likeness (QED) is 0.375. The van der Waals surface area contributed by atoms with Crippen LogP contribution >= 0.6 is 11.6 Å². The monoisotopic (exact) mass is 424 g/mol. The van der Waals surface area contributed by atoms with Gasteiger partial charge in [-0.1, -0.05) is 41.9 Å². The molecule has 154 valence electrons. The molecule has 0 radical (unpaired) electrons. The molecular weight excluding hydrogens is 404 g/mol. The molecule has 0 aliphatic carbocycles. The topological polar surface area (TPSA) is 61.8 Å². The first kappa shape index (κ1) is 21.4. The van der Waals surface area contributed by atoms with Gasteiger partial charge in [0.25, 0.3) is 0 Å². The van der Waals surface area contributed by atoms with Gasteiger partial charge in [-0.15, -0.1) is 0 Å². The SMILES string of the molecule is Cc1cc(OCC(=O)Oc2ccc(C(=O)OCCc3ccccc3)cc2)ccc1Cl. The van der Waals surface area contributed by atoms with Crippen LogP contribution in [0.4, 0.5) is 0 Å². The number of hydrogen-bond donors (Lipinski definition) is 0. The minimum atomic E-state index is -0.555. The maximum Gasteiger partial charge on any atom is 0.349 e. The molecule has 0 bridgehead atoms. The second-order valence-corrected chi connectivity index (χ2v) is 6.98. The fourth-order valence-electron chi connectivity index (χ4n) is 2.66. The van der Waals surface area contributed by atoms with Crippen molar-refractivity contribution >= 4 is 23.5 Å². The maximum absolute atomic E-state index is 12.1. The number of carbonyl (C=O) groups is 2. The van der Waals surface area contributed by atoms with E-state index in [1.807, 2.05) is 37.3 Å². The Morgan fingerprint density at radius 3 is 2.30 bits per heavy atom. The van der Waals surface area contributed by atoms with Crippen LogP contribution in [0.1, 0.15) is 21.5 Å². The summed E-state index contributed by atoms with van der Waals surface area (Å²) in [7, 11) is 0. The Labute approximate surface area is 180 Å². The van der Waals surface area contributed by atoms with Crippen LogP contribution in [0, 0.1) is 6.92 Å². The average Bonchev–Trinajstić information content (AvgIpc) is 2.76. The highest BCUT2D eigenvalue weighted by atomic mass is 35.5. The highest BCUT2D eigenvalue weighted by Crippen LogP contribution is 2.21. The second-order valence-electron chi connectivity index (χ2n) is 6.57. The highest BCUT2D eigenvalue weighted by Gasteiger charge is 2.10. The molecule has 30 heavy (non-hydrogen) atoms. The third-order valence-corrected chi connectivity index (χ3v) is 4.70. The Bertz CT molecular complexity index is 1000. The lowest BCUT2D eigenvalue weighted by molar-refractivity contribution is -0.136. The summed E-state index contributed by atoms with van der Waals surface area (Å²) >= 11 is 5.96. The van der Waals surface area contributed by atoms with Gasteiger partial charge in [-0.05, 0) is 60.5 Å². The lowest BCUT2D eigenvalue weighted by atomic mass is 10.2. The molecule has 6 heteroatoms. The molecule has 0 saturated heterocycles. The molecule has 3 aromatic rings. The van der Waals surface area contributed by atoms with Crippen LogP contribution in [0.15, 0.2) is 72.8 Å². The molecule has 3 aromatic carbocycles. The number of esters is 2. The minimum absolute atomic E-state index is 0.246. The van der Waals surface area contributed by atoms with Crippen LogP contribution in [0.5, 0.6) is 11.5 Å². The summed E-state index contributed by atoms with van der Waals surface area (Å²) in [6, 6.07) is 21.1. The van der Waals surface area contributed by atoms with Crippen molar-refractivity contribution in [2.75, 3.05) is 13.2 Å². The predicted octanol–water partition coefficient (Wildman–Crippen LogP) is 5.03. The van der Waals surface area contributed by atoms with Gasteiger partial charge in [0, 0.05) is 11.4 Å². The van der Waals surface area contributed by atoms with Crippen molar-refractivity contribution in [3.63, 3.8) is 0 Å². The zero-order valence-corrected chi connectivity index (χ0v) is 17.2. The van der Waals surface area contributed by atoms with E-state index in [-0.39, 0.29) is 6.61 Å². The Morgan fingerprint density at radius 2 is 1.60 bits per heavy atom. The van der Waals surface area contributed by atoms with Crippen LogP contribution < -0.4 is 9.47 Å². The van der Waals surface area contributed by atoms with Crippen molar-refractivity contribution in [3.05, 3.63) is 94.5 Å². The van der Waals surface area contributed by atoms with Crippen LogP contribution in [0.25, 0.3) is 0 Å². The molecule has 0 heterocycles. The first-order chi connectivity index (χ1) is 14.5.